The van der Waals surface area contributed by atoms with Gasteiger partial charge in [-0.3, -0.25) is 4.79 Å². The number of hydrogen-bond acceptors (Lipinski definition) is 6. The van der Waals surface area contributed by atoms with Crippen molar-refractivity contribution in [3.63, 3.8) is 0 Å². The SMILES string of the molecule is CC(C)OC(=O)c1cc2c(n(C3CC3)c1=O)-c1cc(Cl)c(OCC3CCO3)cc1SC2. The fourth-order valence-corrected chi connectivity index (χ4v) is 5.16. The molecule has 1 atom stereocenters. The van der Waals surface area contributed by atoms with E-state index in [1.54, 1.807) is 36.2 Å². The summed E-state index contributed by atoms with van der Waals surface area (Å²) in [5, 5.41) is 0.504. The molecule has 0 radical (unpaired) electrons. The monoisotopic (exact) mass is 461 g/mol. The summed E-state index contributed by atoms with van der Waals surface area (Å²) >= 11 is 8.21. The van der Waals surface area contributed by atoms with Gasteiger partial charge >= 0.3 is 5.97 Å². The van der Waals surface area contributed by atoms with Crippen LogP contribution in [0.4, 0.5) is 0 Å². The number of carbonyl (C=O) groups is 1. The molecule has 1 saturated heterocycles. The smallest absolute Gasteiger partial charge is 0.344 e. The Morgan fingerprint density at radius 3 is 2.71 bits per heavy atom. The minimum Gasteiger partial charge on any atom is -0.489 e. The Hall–Kier alpha value is -1.96. The molecule has 5 rings (SSSR count). The molecule has 2 aromatic rings. The summed E-state index contributed by atoms with van der Waals surface area (Å²) in [6.45, 7) is 4.82. The molecule has 164 valence electrons. The molecule has 0 amide bonds. The summed E-state index contributed by atoms with van der Waals surface area (Å²) in [5.74, 6) is 0.724. The Bertz CT molecular complexity index is 1100. The van der Waals surface area contributed by atoms with E-state index in [1.807, 2.05) is 12.1 Å². The molecule has 0 spiro atoms. The van der Waals surface area contributed by atoms with E-state index >= 15 is 0 Å². The molecule has 1 saturated carbocycles. The van der Waals surface area contributed by atoms with Crippen molar-refractivity contribution >= 4 is 29.3 Å². The standard InChI is InChI=1S/C23H24ClNO5S/c1-12(2)30-23(27)17-7-13-11-31-20-9-19(29-10-15-5-6-28-15)18(24)8-16(20)21(13)25(22(17)26)14-3-4-14/h7-9,12,14-15H,3-6,10-11H2,1-2H3. The summed E-state index contributed by atoms with van der Waals surface area (Å²) in [4.78, 5) is 26.9. The van der Waals surface area contributed by atoms with Crippen LogP contribution in [-0.2, 0) is 15.2 Å². The van der Waals surface area contributed by atoms with Gasteiger partial charge in [-0.1, -0.05) is 11.6 Å². The van der Waals surface area contributed by atoms with Crippen molar-refractivity contribution in [2.75, 3.05) is 13.2 Å². The predicted molar refractivity (Wildman–Crippen MR) is 119 cm³/mol. The van der Waals surface area contributed by atoms with Gasteiger partial charge in [-0.05, 0) is 50.5 Å². The number of thioether (sulfide) groups is 1. The van der Waals surface area contributed by atoms with Crippen LogP contribution in [0.15, 0.2) is 27.9 Å². The van der Waals surface area contributed by atoms with Crippen LogP contribution in [0.25, 0.3) is 11.3 Å². The second kappa shape index (κ2) is 8.19. The van der Waals surface area contributed by atoms with Crippen molar-refractivity contribution < 1.29 is 19.0 Å². The second-order valence-corrected chi connectivity index (χ2v) is 9.88. The van der Waals surface area contributed by atoms with E-state index in [2.05, 4.69) is 0 Å². The Morgan fingerprint density at radius 2 is 2.06 bits per heavy atom. The maximum absolute atomic E-state index is 13.3. The van der Waals surface area contributed by atoms with Gasteiger partial charge in [-0.25, -0.2) is 4.79 Å². The zero-order valence-corrected chi connectivity index (χ0v) is 19.1. The number of benzene rings is 1. The number of carbonyl (C=O) groups excluding carboxylic acids is 1. The topological polar surface area (TPSA) is 66.8 Å². The van der Waals surface area contributed by atoms with Crippen molar-refractivity contribution in [1.82, 2.24) is 4.57 Å². The second-order valence-electron chi connectivity index (χ2n) is 8.45. The molecule has 1 aromatic carbocycles. The molecule has 31 heavy (non-hydrogen) atoms. The van der Waals surface area contributed by atoms with Gasteiger partial charge in [0.05, 0.1) is 22.9 Å². The van der Waals surface area contributed by atoms with Crippen LogP contribution < -0.4 is 10.3 Å². The lowest BCUT2D eigenvalue weighted by Gasteiger charge is -2.28. The molecule has 2 fully saturated rings. The number of ether oxygens (including phenoxy) is 3. The number of hydrogen-bond donors (Lipinski definition) is 0. The van der Waals surface area contributed by atoms with E-state index in [1.165, 1.54) is 0 Å². The summed E-state index contributed by atoms with van der Waals surface area (Å²) in [6, 6.07) is 5.63. The fourth-order valence-electron chi connectivity index (χ4n) is 3.91. The summed E-state index contributed by atoms with van der Waals surface area (Å²) in [6.07, 6.45) is 2.70. The normalized spacial score (nSPS) is 19.4. The molecular formula is C23H24ClNO5S. The van der Waals surface area contributed by atoms with Crippen molar-refractivity contribution in [2.45, 2.75) is 62.0 Å². The van der Waals surface area contributed by atoms with E-state index in [-0.39, 0.29) is 29.4 Å². The minimum atomic E-state index is -0.562. The number of halogens is 1. The van der Waals surface area contributed by atoms with Gasteiger partial charge in [0.25, 0.3) is 5.56 Å². The highest BCUT2D eigenvalue weighted by atomic mass is 35.5. The van der Waals surface area contributed by atoms with Gasteiger partial charge in [0.1, 0.15) is 17.9 Å². The highest BCUT2D eigenvalue weighted by Gasteiger charge is 2.34. The Kier molecular flexibility index (Phi) is 5.52. The lowest BCUT2D eigenvalue weighted by Crippen LogP contribution is -2.32. The number of pyridine rings is 1. The van der Waals surface area contributed by atoms with Crippen molar-refractivity contribution in [1.29, 1.82) is 0 Å². The number of fused-ring (bicyclic) bond motifs is 3. The first kappa shape index (κ1) is 20.9. The number of nitrogens with zero attached hydrogens (tertiary/aromatic N) is 1. The third kappa shape index (κ3) is 3.99. The summed E-state index contributed by atoms with van der Waals surface area (Å²) in [7, 11) is 0. The highest BCUT2D eigenvalue weighted by Crippen LogP contribution is 2.48. The highest BCUT2D eigenvalue weighted by molar-refractivity contribution is 7.98. The van der Waals surface area contributed by atoms with Crippen LogP contribution in [0.1, 0.15) is 55.1 Å². The van der Waals surface area contributed by atoms with Crippen LogP contribution >= 0.6 is 23.4 Å². The molecule has 2 aliphatic heterocycles. The zero-order valence-electron chi connectivity index (χ0n) is 17.5. The van der Waals surface area contributed by atoms with Crippen molar-refractivity contribution in [3.05, 3.63) is 44.7 Å². The van der Waals surface area contributed by atoms with E-state index in [9.17, 15) is 9.59 Å². The first-order valence-corrected chi connectivity index (χ1v) is 12.0. The van der Waals surface area contributed by atoms with Crippen LogP contribution in [0.3, 0.4) is 0 Å². The van der Waals surface area contributed by atoms with Gasteiger partial charge in [0, 0.05) is 35.3 Å². The third-order valence-electron chi connectivity index (χ3n) is 5.68. The molecule has 1 aromatic heterocycles. The molecule has 1 aliphatic carbocycles. The van der Waals surface area contributed by atoms with E-state index in [0.29, 0.717) is 23.1 Å². The van der Waals surface area contributed by atoms with Gasteiger partial charge in [0.15, 0.2) is 0 Å². The quantitative estimate of drug-likeness (QED) is 0.573. The molecule has 6 nitrogen and oxygen atoms in total. The van der Waals surface area contributed by atoms with Crippen molar-refractivity contribution in [2.24, 2.45) is 0 Å². The number of rotatable bonds is 6. The maximum atomic E-state index is 13.3. The summed E-state index contributed by atoms with van der Waals surface area (Å²) < 4.78 is 18.4. The summed E-state index contributed by atoms with van der Waals surface area (Å²) in [5.41, 5.74) is 2.54. The van der Waals surface area contributed by atoms with Gasteiger partial charge in [0.2, 0.25) is 0 Å². The first-order valence-electron chi connectivity index (χ1n) is 10.6. The Labute approximate surface area is 189 Å². The average Bonchev–Trinajstić information content (AvgIpc) is 3.51. The number of esters is 1. The van der Waals surface area contributed by atoms with Crippen LogP contribution in [0.2, 0.25) is 5.02 Å². The minimum absolute atomic E-state index is 0.106. The molecule has 8 heteroatoms. The molecule has 0 N–H and O–H groups in total. The van der Waals surface area contributed by atoms with Crippen LogP contribution in [-0.4, -0.2) is 36.0 Å². The molecular weight excluding hydrogens is 438 g/mol. The Balaban J connectivity index is 1.56. The van der Waals surface area contributed by atoms with Gasteiger partial charge in [-0.15, -0.1) is 11.8 Å². The Morgan fingerprint density at radius 1 is 1.29 bits per heavy atom. The largest absolute Gasteiger partial charge is 0.489 e. The maximum Gasteiger partial charge on any atom is 0.344 e. The number of aromatic nitrogens is 1. The molecule has 1 unspecified atom stereocenters. The molecule has 0 bridgehead atoms. The van der Waals surface area contributed by atoms with Crippen molar-refractivity contribution in [3.8, 4) is 17.0 Å². The van der Waals surface area contributed by atoms with E-state index in [0.717, 1.165) is 47.6 Å². The molecule has 3 aliphatic rings. The van der Waals surface area contributed by atoms with Gasteiger partial charge < -0.3 is 18.8 Å². The lowest BCUT2D eigenvalue weighted by atomic mass is 10.0. The first-order chi connectivity index (χ1) is 14.9. The fraction of sp³-hybridized carbons (Fsp3) is 0.478. The third-order valence-corrected chi connectivity index (χ3v) is 7.08. The zero-order chi connectivity index (χ0) is 21.7. The van der Waals surface area contributed by atoms with E-state index in [4.69, 9.17) is 25.8 Å². The van der Waals surface area contributed by atoms with E-state index < -0.39 is 5.97 Å². The van der Waals surface area contributed by atoms with Gasteiger partial charge in [-0.2, -0.15) is 0 Å². The van der Waals surface area contributed by atoms with Crippen LogP contribution in [0.5, 0.6) is 5.75 Å². The molecule has 3 heterocycles. The predicted octanol–water partition coefficient (Wildman–Crippen LogP) is 4.84. The average molecular weight is 462 g/mol. The van der Waals surface area contributed by atoms with Crippen LogP contribution in [0, 0.1) is 0 Å². The lowest BCUT2D eigenvalue weighted by molar-refractivity contribution is -0.0720.